The highest BCUT2D eigenvalue weighted by Gasteiger charge is 2.17. The Morgan fingerprint density at radius 1 is 0.789 bits per heavy atom. The molecule has 0 amide bonds. The first-order valence-electron chi connectivity index (χ1n) is 7.46. The van der Waals surface area contributed by atoms with Crippen LogP contribution in [0.5, 0.6) is 0 Å². The van der Waals surface area contributed by atoms with Gasteiger partial charge in [-0.25, -0.2) is 10.0 Å². The Morgan fingerprint density at radius 3 is 1.68 bits per heavy atom. The van der Waals surface area contributed by atoms with Gasteiger partial charge in [-0.1, -0.05) is 0 Å². The summed E-state index contributed by atoms with van der Waals surface area (Å²) in [5.74, 6) is 0. The van der Waals surface area contributed by atoms with Crippen molar-refractivity contribution in [2.45, 2.75) is 12.8 Å². The van der Waals surface area contributed by atoms with E-state index in [9.17, 15) is 0 Å². The lowest BCUT2D eigenvalue weighted by atomic mass is 10.3. The van der Waals surface area contributed by atoms with Crippen LogP contribution in [0.3, 0.4) is 0 Å². The van der Waals surface area contributed by atoms with Gasteiger partial charge in [0.05, 0.1) is 13.2 Å². The Morgan fingerprint density at radius 2 is 1.26 bits per heavy atom. The third-order valence-corrected chi connectivity index (χ3v) is 3.43. The molecule has 5 heteroatoms. The average molecular weight is 272 g/mol. The molecule has 0 aliphatic carbocycles. The predicted octanol–water partition coefficient (Wildman–Crippen LogP) is 0.439. The fourth-order valence-electron chi connectivity index (χ4n) is 2.37. The van der Waals surface area contributed by atoms with E-state index in [1.165, 1.54) is 12.8 Å². The Hall–Kier alpha value is -0.200. The van der Waals surface area contributed by atoms with E-state index in [4.69, 9.17) is 4.74 Å². The normalized spacial score (nSPS) is 17.8. The minimum absolute atomic E-state index is 0.873. The molecule has 5 nitrogen and oxygen atoms in total. The standard InChI is InChI=1S/C14H32N4O/c1-15(2)7-5-9-17(10-6-8-16(3)4)18-11-13-19-14-12-18/h5-14H2,1-4H3. The summed E-state index contributed by atoms with van der Waals surface area (Å²) >= 11 is 0. The zero-order valence-electron chi connectivity index (χ0n) is 13.3. The van der Waals surface area contributed by atoms with Crippen LogP contribution < -0.4 is 0 Å². The number of morpholine rings is 1. The summed E-state index contributed by atoms with van der Waals surface area (Å²) in [6.07, 6.45) is 2.46. The van der Waals surface area contributed by atoms with E-state index in [1.807, 2.05) is 0 Å². The van der Waals surface area contributed by atoms with E-state index in [-0.39, 0.29) is 0 Å². The molecule has 0 aromatic heterocycles. The van der Waals surface area contributed by atoms with Crippen molar-refractivity contribution in [2.75, 3.05) is 80.7 Å². The number of rotatable bonds is 9. The highest BCUT2D eigenvalue weighted by atomic mass is 16.5. The van der Waals surface area contributed by atoms with Gasteiger partial charge in [0.2, 0.25) is 0 Å². The largest absolute Gasteiger partial charge is 0.379 e. The summed E-state index contributed by atoms with van der Waals surface area (Å²) in [6.45, 7) is 8.48. The van der Waals surface area contributed by atoms with Crippen molar-refractivity contribution in [1.82, 2.24) is 19.8 Å². The monoisotopic (exact) mass is 272 g/mol. The highest BCUT2D eigenvalue weighted by molar-refractivity contribution is 4.64. The SMILES string of the molecule is CN(C)CCCN(CCCN(C)C)N1CCOCC1. The maximum atomic E-state index is 5.45. The Labute approximate surface area is 119 Å². The van der Waals surface area contributed by atoms with Gasteiger partial charge in [0.25, 0.3) is 0 Å². The van der Waals surface area contributed by atoms with Crippen molar-refractivity contribution >= 4 is 0 Å². The van der Waals surface area contributed by atoms with Crippen molar-refractivity contribution in [3.8, 4) is 0 Å². The molecule has 1 fully saturated rings. The predicted molar refractivity (Wildman–Crippen MR) is 80.3 cm³/mol. The molecule has 0 radical (unpaired) electrons. The van der Waals surface area contributed by atoms with Crippen LogP contribution in [0.15, 0.2) is 0 Å². The zero-order chi connectivity index (χ0) is 14.1. The molecule has 0 aromatic rings. The van der Waals surface area contributed by atoms with Crippen LogP contribution in [0.25, 0.3) is 0 Å². The van der Waals surface area contributed by atoms with Crippen LogP contribution in [0.2, 0.25) is 0 Å². The van der Waals surface area contributed by atoms with E-state index in [0.29, 0.717) is 0 Å². The molecule has 1 aliphatic heterocycles. The molecule has 0 N–H and O–H groups in total. The molecule has 1 saturated heterocycles. The van der Waals surface area contributed by atoms with Crippen LogP contribution in [0, 0.1) is 0 Å². The Balaban J connectivity index is 2.32. The van der Waals surface area contributed by atoms with Crippen LogP contribution in [-0.2, 0) is 4.74 Å². The quantitative estimate of drug-likeness (QED) is 0.606. The van der Waals surface area contributed by atoms with Gasteiger partial charge in [0.15, 0.2) is 0 Å². The van der Waals surface area contributed by atoms with Gasteiger partial charge < -0.3 is 14.5 Å². The fraction of sp³-hybridized carbons (Fsp3) is 1.00. The van der Waals surface area contributed by atoms with E-state index in [0.717, 1.165) is 52.5 Å². The van der Waals surface area contributed by atoms with E-state index >= 15 is 0 Å². The van der Waals surface area contributed by atoms with Crippen LogP contribution in [0.4, 0.5) is 0 Å². The van der Waals surface area contributed by atoms with Crippen LogP contribution in [-0.4, -0.2) is 100 Å². The molecule has 19 heavy (non-hydrogen) atoms. The molecule has 1 heterocycles. The molecule has 0 atom stereocenters. The van der Waals surface area contributed by atoms with Gasteiger partial charge in [-0.3, -0.25) is 0 Å². The third kappa shape index (κ3) is 7.84. The van der Waals surface area contributed by atoms with Crippen LogP contribution >= 0.6 is 0 Å². The van der Waals surface area contributed by atoms with Gasteiger partial charge >= 0.3 is 0 Å². The van der Waals surface area contributed by atoms with Gasteiger partial charge in [-0.2, -0.15) is 0 Å². The number of hydrazine groups is 1. The summed E-state index contributed by atoms with van der Waals surface area (Å²) in [6, 6.07) is 0. The van der Waals surface area contributed by atoms with E-state index in [1.54, 1.807) is 0 Å². The maximum Gasteiger partial charge on any atom is 0.0608 e. The molecule has 0 unspecified atom stereocenters. The molecule has 0 bridgehead atoms. The minimum Gasteiger partial charge on any atom is -0.379 e. The van der Waals surface area contributed by atoms with Crippen molar-refractivity contribution in [2.24, 2.45) is 0 Å². The van der Waals surface area contributed by atoms with Gasteiger partial charge in [-0.15, -0.1) is 0 Å². The molecular weight excluding hydrogens is 240 g/mol. The molecule has 0 aromatic carbocycles. The average Bonchev–Trinajstić information content (AvgIpc) is 2.37. The smallest absolute Gasteiger partial charge is 0.0608 e. The molecule has 1 rings (SSSR count). The summed E-state index contributed by atoms with van der Waals surface area (Å²) in [5.41, 5.74) is 0. The summed E-state index contributed by atoms with van der Waals surface area (Å²) in [5, 5.41) is 5.02. The number of nitrogens with zero attached hydrogens (tertiary/aromatic N) is 4. The van der Waals surface area contributed by atoms with Crippen LogP contribution in [0.1, 0.15) is 12.8 Å². The van der Waals surface area contributed by atoms with Crippen molar-refractivity contribution in [3.05, 3.63) is 0 Å². The molecular formula is C14H32N4O. The fourth-order valence-corrected chi connectivity index (χ4v) is 2.37. The third-order valence-electron chi connectivity index (χ3n) is 3.43. The summed E-state index contributed by atoms with van der Waals surface area (Å²) in [4.78, 5) is 4.52. The van der Waals surface area contributed by atoms with Crippen molar-refractivity contribution in [3.63, 3.8) is 0 Å². The number of hydrogen-bond donors (Lipinski definition) is 0. The maximum absolute atomic E-state index is 5.45. The Bertz CT molecular complexity index is 203. The van der Waals surface area contributed by atoms with Gasteiger partial charge in [0.1, 0.15) is 0 Å². The summed E-state index contributed by atoms with van der Waals surface area (Å²) in [7, 11) is 8.58. The topological polar surface area (TPSA) is 22.2 Å². The van der Waals surface area contributed by atoms with Crippen molar-refractivity contribution in [1.29, 1.82) is 0 Å². The molecule has 1 aliphatic rings. The first-order chi connectivity index (χ1) is 9.09. The second-order valence-electron chi connectivity index (χ2n) is 5.83. The van der Waals surface area contributed by atoms with E-state index < -0.39 is 0 Å². The lowest BCUT2D eigenvalue weighted by Crippen LogP contribution is -2.50. The summed E-state index contributed by atoms with van der Waals surface area (Å²) < 4.78 is 5.45. The number of ether oxygens (including phenoxy) is 1. The first-order valence-corrected chi connectivity index (χ1v) is 7.46. The second kappa shape index (κ2) is 9.66. The Kier molecular flexibility index (Phi) is 8.57. The second-order valence-corrected chi connectivity index (χ2v) is 5.83. The van der Waals surface area contributed by atoms with E-state index in [2.05, 4.69) is 48.0 Å². The zero-order valence-corrected chi connectivity index (χ0v) is 13.3. The lowest BCUT2D eigenvalue weighted by molar-refractivity contribution is -0.0917. The van der Waals surface area contributed by atoms with Gasteiger partial charge in [-0.05, 0) is 54.1 Å². The molecule has 114 valence electrons. The lowest BCUT2D eigenvalue weighted by Gasteiger charge is -2.37. The number of hydrogen-bond acceptors (Lipinski definition) is 5. The first kappa shape index (κ1) is 16.9. The van der Waals surface area contributed by atoms with Crippen molar-refractivity contribution < 1.29 is 4.74 Å². The van der Waals surface area contributed by atoms with Gasteiger partial charge in [0, 0.05) is 26.2 Å². The molecule has 0 saturated carbocycles. The highest BCUT2D eigenvalue weighted by Crippen LogP contribution is 2.06. The molecule has 0 spiro atoms. The minimum atomic E-state index is 0.873.